The number of anilines is 2. The summed E-state index contributed by atoms with van der Waals surface area (Å²) >= 11 is 0. The lowest BCUT2D eigenvalue weighted by Crippen LogP contribution is -2.30. The molecule has 5 nitrogen and oxygen atoms in total. The monoisotopic (exact) mass is 364 g/mol. The van der Waals surface area contributed by atoms with E-state index in [0.717, 1.165) is 38.1 Å². The number of aromatic nitrogens is 2. The Balaban J connectivity index is 1.59. The number of hydrogen-bond acceptors (Lipinski definition) is 4. The molecule has 3 rings (SSSR count). The number of benzene rings is 1. The van der Waals surface area contributed by atoms with E-state index in [0.29, 0.717) is 17.2 Å². The SMILES string of the molecule is O=C(Cc1cccc(C(F)(F)F)c1)Nc1cnc(N2CCCCC2)nc1. The maximum Gasteiger partial charge on any atom is 0.416 e. The van der Waals surface area contributed by atoms with Crippen molar-refractivity contribution in [2.75, 3.05) is 23.3 Å². The zero-order valence-electron chi connectivity index (χ0n) is 14.1. The first-order valence-corrected chi connectivity index (χ1v) is 8.45. The lowest BCUT2D eigenvalue weighted by molar-refractivity contribution is -0.137. The van der Waals surface area contributed by atoms with Gasteiger partial charge in [-0.05, 0) is 30.9 Å². The van der Waals surface area contributed by atoms with Crippen LogP contribution >= 0.6 is 0 Å². The van der Waals surface area contributed by atoms with Gasteiger partial charge in [-0.1, -0.05) is 18.2 Å². The molecule has 0 spiro atoms. The fourth-order valence-electron chi connectivity index (χ4n) is 2.89. The van der Waals surface area contributed by atoms with Gasteiger partial charge in [0, 0.05) is 13.1 Å². The summed E-state index contributed by atoms with van der Waals surface area (Å²) in [6.45, 7) is 1.84. The Morgan fingerprint density at radius 2 is 1.81 bits per heavy atom. The number of alkyl halides is 3. The predicted octanol–water partition coefficient (Wildman–Crippen LogP) is 3.67. The van der Waals surface area contributed by atoms with Crippen molar-refractivity contribution in [2.45, 2.75) is 31.9 Å². The van der Waals surface area contributed by atoms with E-state index in [1.807, 2.05) is 0 Å². The fourth-order valence-corrected chi connectivity index (χ4v) is 2.89. The van der Waals surface area contributed by atoms with Gasteiger partial charge in [0.25, 0.3) is 0 Å². The molecule has 138 valence electrons. The Labute approximate surface area is 149 Å². The number of nitrogens with zero attached hydrogens (tertiary/aromatic N) is 3. The van der Waals surface area contributed by atoms with Crippen LogP contribution in [0, 0.1) is 0 Å². The standard InChI is InChI=1S/C18H19F3N4O/c19-18(20,21)14-6-4-5-13(9-14)10-16(26)24-15-11-22-17(23-12-15)25-7-2-1-3-8-25/h4-6,9,11-12H,1-3,7-8,10H2,(H,24,26). The number of carbonyl (C=O) groups excluding carboxylic acids is 1. The highest BCUT2D eigenvalue weighted by molar-refractivity contribution is 5.92. The summed E-state index contributed by atoms with van der Waals surface area (Å²) in [7, 11) is 0. The van der Waals surface area contributed by atoms with Crippen molar-refractivity contribution < 1.29 is 18.0 Å². The van der Waals surface area contributed by atoms with Crippen molar-refractivity contribution in [3.05, 3.63) is 47.8 Å². The van der Waals surface area contributed by atoms with Crippen molar-refractivity contribution >= 4 is 17.5 Å². The van der Waals surface area contributed by atoms with Gasteiger partial charge in [0.2, 0.25) is 11.9 Å². The van der Waals surface area contributed by atoms with Gasteiger partial charge in [-0.15, -0.1) is 0 Å². The topological polar surface area (TPSA) is 58.1 Å². The van der Waals surface area contributed by atoms with E-state index in [-0.39, 0.29) is 6.42 Å². The highest BCUT2D eigenvalue weighted by atomic mass is 19.4. The average molecular weight is 364 g/mol. The summed E-state index contributed by atoms with van der Waals surface area (Å²) in [4.78, 5) is 22.7. The minimum Gasteiger partial charge on any atom is -0.341 e. The second-order valence-corrected chi connectivity index (χ2v) is 6.24. The summed E-state index contributed by atoms with van der Waals surface area (Å²) in [6, 6.07) is 4.75. The van der Waals surface area contributed by atoms with Gasteiger partial charge in [0.15, 0.2) is 0 Å². The largest absolute Gasteiger partial charge is 0.416 e. The van der Waals surface area contributed by atoms with E-state index in [1.165, 1.54) is 30.9 Å². The van der Waals surface area contributed by atoms with Crippen LogP contribution in [0.25, 0.3) is 0 Å². The van der Waals surface area contributed by atoms with Gasteiger partial charge >= 0.3 is 6.18 Å². The van der Waals surface area contributed by atoms with Crippen LogP contribution in [0.1, 0.15) is 30.4 Å². The number of amides is 1. The summed E-state index contributed by atoms with van der Waals surface area (Å²) in [5.41, 5.74) is -0.0528. The lowest BCUT2D eigenvalue weighted by Gasteiger charge is -2.26. The number of rotatable bonds is 4. The normalized spacial score (nSPS) is 15.0. The molecule has 1 aliphatic rings. The lowest BCUT2D eigenvalue weighted by atomic mass is 10.1. The summed E-state index contributed by atoms with van der Waals surface area (Å²) < 4.78 is 38.2. The van der Waals surface area contributed by atoms with Crippen LogP contribution in [0.3, 0.4) is 0 Å². The molecule has 26 heavy (non-hydrogen) atoms. The third-order valence-electron chi connectivity index (χ3n) is 4.18. The molecule has 1 aromatic carbocycles. The predicted molar refractivity (Wildman–Crippen MR) is 91.9 cm³/mol. The zero-order chi connectivity index (χ0) is 18.6. The average Bonchev–Trinajstić information content (AvgIpc) is 2.62. The number of nitrogens with one attached hydrogen (secondary N) is 1. The molecule has 1 N–H and O–H groups in total. The first-order chi connectivity index (χ1) is 12.4. The summed E-state index contributed by atoms with van der Waals surface area (Å²) in [6.07, 6.45) is 1.88. The zero-order valence-corrected chi connectivity index (χ0v) is 14.1. The Kier molecular flexibility index (Phi) is 5.39. The molecule has 0 saturated carbocycles. The smallest absolute Gasteiger partial charge is 0.341 e. The molecule has 1 saturated heterocycles. The first kappa shape index (κ1) is 18.2. The fraction of sp³-hybridized carbons (Fsp3) is 0.389. The molecule has 0 aliphatic carbocycles. The molecule has 1 amide bonds. The molecule has 0 atom stereocenters. The Morgan fingerprint density at radius 1 is 1.12 bits per heavy atom. The molecule has 1 aliphatic heterocycles. The minimum atomic E-state index is -4.43. The molecule has 1 fully saturated rings. The number of carbonyl (C=O) groups is 1. The molecule has 2 aromatic rings. The van der Waals surface area contributed by atoms with Crippen molar-refractivity contribution in [1.29, 1.82) is 0 Å². The van der Waals surface area contributed by atoms with Gasteiger partial charge in [-0.2, -0.15) is 13.2 Å². The summed E-state index contributed by atoms with van der Waals surface area (Å²) in [5.74, 6) is 0.208. The van der Waals surface area contributed by atoms with Crippen LogP contribution in [0.4, 0.5) is 24.8 Å². The van der Waals surface area contributed by atoms with Gasteiger partial charge in [0.1, 0.15) is 0 Å². The van der Waals surface area contributed by atoms with Crippen LogP contribution in [-0.2, 0) is 17.4 Å². The molecule has 8 heteroatoms. The van der Waals surface area contributed by atoms with Crippen molar-refractivity contribution in [2.24, 2.45) is 0 Å². The number of hydrogen-bond donors (Lipinski definition) is 1. The van der Waals surface area contributed by atoms with E-state index in [9.17, 15) is 18.0 Å². The molecular weight excluding hydrogens is 345 g/mol. The Hall–Kier alpha value is -2.64. The van der Waals surface area contributed by atoms with E-state index >= 15 is 0 Å². The molecular formula is C18H19F3N4O. The van der Waals surface area contributed by atoms with E-state index in [4.69, 9.17) is 0 Å². The maximum atomic E-state index is 12.7. The van der Waals surface area contributed by atoms with Crippen LogP contribution in [0.5, 0.6) is 0 Å². The number of piperidine rings is 1. The van der Waals surface area contributed by atoms with Crippen LogP contribution < -0.4 is 10.2 Å². The minimum absolute atomic E-state index is 0.155. The van der Waals surface area contributed by atoms with Crippen molar-refractivity contribution in [3.63, 3.8) is 0 Å². The van der Waals surface area contributed by atoms with Gasteiger partial charge in [0.05, 0.1) is 30.1 Å². The van der Waals surface area contributed by atoms with Crippen molar-refractivity contribution in [1.82, 2.24) is 9.97 Å². The molecule has 0 unspecified atom stereocenters. The summed E-state index contributed by atoms with van der Waals surface area (Å²) in [5, 5.41) is 2.62. The van der Waals surface area contributed by atoms with E-state index < -0.39 is 17.6 Å². The number of halogens is 3. The first-order valence-electron chi connectivity index (χ1n) is 8.45. The van der Waals surface area contributed by atoms with E-state index in [1.54, 1.807) is 0 Å². The molecule has 0 radical (unpaired) electrons. The Morgan fingerprint density at radius 3 is 2.46 bits per heavy atom. The molecule has 2 heterocycles. The van der Waals surface area contributed by atoms with Crippen LogP contribution in [-0.4, -0.2) is 29.0 Å². The van der Waals surface area contributed by atoms with Crippen molar-refractivity contribution in [3.8, 4) is 0 Å². The maximum absolute atomic E-state index is 12.7. The molecule has 0 bridgehead atoms. The van der Waals surface area contributed by atoms with Gasteiger partial charge in [-0.25, -0.2) is 9.97 Å². The third-order valence-corrected chi connectivity index (χ3v) is 4.18. The quantitative estimate of drug-likeness (QED) is 0.899. The van der Waals surface area contributed by atoms with Gasteiger partial charge < -0.3 is 10.2 Å². The second kappa shape index (κ2) is 7.72. The van der Waals surface area contributed by atoms with E-state index in [2.05, 4.69) is 20.2 Å². The highest BCUT2D eigenvalue weighted by Crippen LogP contribution is 2.29. The third kappa shape index (κ3) is 4.71. The van der Waals surface area contributed by atoms with Crippen LogP contribution in [0.15, 0.2) is 36.7 Å². The Bertz CT molecular complexity index is 756. The van der Waals surface area contributed by atoms with Crippen LogP contribution in [0.2, 0.25) is 0 Å². The highest BCUT2D eigenvalue weighted by Gasteiger charge is 2.30. The van der Waals surface area contributed by atoms with Gasteiger partial charge in [-0.3, -0.25) is 4.79 Å². The molecule has 1 aromatic heterocycles. The second-order valence-electron chi connectivity index (χ2n) is 6.24.